The summed E-state index contributed by atoms with van der Waals surface area (Å²) >= 11 is 17.7. The van der Waals surface area contributed by atoms with Crippen molar-refractivity contribution in [2.24, 2.45) is 0 Å². The maximum absolute atomic E-state index is 11.9. The van der Waals surface area contributed by atoms with Crippen LogP contribution in [-0.4, -0.2) is 22.7 Å². The summed E-state index contributed by atoms with van der Waals surface area (Å²) in [4.78, 5) is 11.9. The van der Waals surface area contributed by atoms with Crippen LogP contribution in [0.5, 0.6) is 5.75 Å². The highest BCUT2D eigenvalue weighted by Crippen LogP contribution is 2.33. The van der Waals surface area contributed by atoms with E-state index in [1.807, 2.05) is 6.92 Å². The monoisotopic (exact) mass is 347 g/mol. The highest BCUT2D eigenvalue weighted by Gasteiger charge is 2.12. The lowest BCUT2D eigenvalue weighted by Gasteiger charge is -2.10. The molecule has 8 heteroatoms. The molecule has 0 atom stereocenters. The molecule has 0 aliphatic carbocycles. The number of carbonyl (C=O) groups excluding carboxylic acids is 1. The molecule has 112 valence electrons. The molecule has 2 rings (SSSR count). The van der Waals surface area contributed by atoms with E-state index < -0.39 is 0 Å². The van der Waals surface area contributed by atoms with Crippen LogP contribution in [0.3, 0.4) is 0 Å². The third kappa shape index (κ3) is 3.81. The predicted octanol–water partition coefficient (Wildman–Crippen LogP) is 4.00. The van der Waals surface area contributed by atoms with Gasteiger partial charge in [-0.05, 0) is 19.9 Å². The van der Waals surface area contributed by atoms with Gasteiger partial charge in [0.25, 0.3) is 5.91 Å². The molecule has 2 N–H and O–H groups in total. The highest BCUT2D eigenvalue weighted by molar-refractivity contribution is 6.43. The minimum absolute atomic E-state index is 0.207. The first-order valence-corrected chi connectivity index (χ1v) is 7.10. The number of ether oxygens (including phenoxy) is 1. The average molecular weight is 349 g/mol. The number of aryl methyl sites for hydroxylation is 2. The molecule has 0 saturated carbocycles. The number of halogens is 3. The van der Waals surface area contributed by atoms with Gasteiger partial charge in [-0.1, -0.05) is 34.8 Å². The number of nitrogens with one attached hydrogen (secondary N) is 2. The molecule has 0 unspecified atom stereocenters. The number of aromatic nitrogens is 2. The number of benzene rings is 1. The second-order valence-electron chi connectivity index (χ2n) is 4.34. The summed E-state index contributed by atoms with van der Waals surface area (Å²) < 4.78 is 5.35. The quantitative estimate of drug-likeness (QED) is 0.821. The van der Waals surface area contributed by atoms with Gasteiger partial charge in [-0.15, -0.1) is 0 Å². The Labute approximate surface area is 136 Å². The summed E-state index contributed by atoms with van der Waals surface area (Å²) in [6.07, 6.45) is 0. The number of hydrogen-bond donors (Lipinski definition) is 2. The molecular weight excluding hydrogens is 337 g/mol. The van der Waals surface area contributed by atoms with Crippen molar-refractivity contribution in [2.45, 2.75) is 13.8 Å². The van der Waals surface area contributed by atoms with Crippen molar-refractivity contribution in [3.63, 3.8) is 0 Å². The van der Waals surface area contributed by atoms with Gasteiger partial charge in [0.05, 0.1) is 32.1 Å². The van der Waals surface area contributed by atoms with Crippen LogP contribution in [0.4, 0.5) is 5.69 Å². The van der Waals surface area contributed by atoms with E-state index in [0.717, 1.165) is 5.69 Å². The molecule has 1 amide bonds. The molecule has 1 aromatic heterocycles. The molecule has 0 aliphatic heterocycles. The maximum atomic E-state index is 11.9. The highest BCUT2D eigenvalue weighted by atomic mass is 35.5. The van der Waals surface area contributed by atoms with Crippen molar-refractivity contribution in [2.75, 3.05) is 11.9 Å². The van der Waals surface area contributed by atoms with Gasteiger partial charge >= 0.3 is 0 Å². The lowest BCUT2D eigenvalue weighted by Crippen LogP contribution is -2.20. The second-order valence-corrected chi connectivity index (χ2v) is 5.56. The van der Waals surface area contributed by atoms with Crippen molar-refractivity contribution in [1.29, 1.82) is 0 Å². The van der Waals surface area contributed by atoms with E-state index in [2.05, 4.69) is 15.5 Å². The summed E-state index contributed by atoms with van der Waals surface area (Å²) in [5.74, 6) is -0.0356. The van der Waals surface area contributed by atoms with E-state index in [4.69, 9.17) is 39.5 Å². The first-order chi connectivity index (χ1) is 9.88. The molecule has 0 spiro atoms. The van der Waals surface area contributed by atoms with Crippen LogP contribution in [0, 0.1) is 13.8 Å². The first kappa shape index (κ1) is 15.9. The van der Waals surface area contributed by atoms with E-state index in [-0.39, 0.29) is 17.5 Å². The zero-order valence-electron chi connectivity index (χ0n) is 11.3. The molecule has 0 bridgehead atoms. The van der Waals surface area contributed by atoms with Crippen LogP contribution in [-0.2, 0) is 4.79 Å². The van der Waals surface area contributed by atoms with Crippen LogP contribution < -0.4 is 10.1 Å². The second kappa shape index (κ2) is 6.56. The minimum atomic E-state index is -0.329. The van der Waals surface area contributed by atoms with Crippen LogP contribution in [0.2, 0.25) is 15.1 Å². The van der Waals surface area contributed by atoms with Gasteiger partial charge in [-0.3, -0.25) is 9.89 Å². The van der Waals surface area contributed by atoms with Crippen LogP contribution in [0.25, 0.3) is 0 Å². The average Bonchev–Trinajstić information content (AvgIpc) is 2.73. The van der Waals surface area contributed by atoms with Crippen molar-refractivity contribution >= 4 is 46.4 Å². The number of hydrogen-bond acceptors (Lipinski definition) is 3. The number of H-pyrrole nitrogens is 1. The zero-order chi connectivity index (χ0) is 15.6. The molecule has 0 aliphatic rings. The van der Waals surface area contributed by atoms with Gasteiger partial charge in [-0.2, -0.15) is 5.10 Å². The first-order valence-electron chi connectivity index (χ1n) is 5.97. The topological polar surface area (TPSA) is 67.0 Å². The van der Waals surface area contributed by atoms with Crippen LogP contribution in [0.15, 0.2) is 12.1 Å². The van der Waals surface area contributed by atoms with E-state index in [0.29, 0.717) is 27.2 Å². The fourth-order valence-corrected chi connectivity index (χ4v) is 2.26. The molecule has 0 saturated heterocycles. The van der Waals surface area contributed by atoms with Gasteiger partial charge in [0.15, 0.2) is 6.61 Å². The van der Waals surface area contributed by atoms with Crippen LogP contribution in [0.1, 0.15) is 11.4 Å². The Hall–Kier alpha value is -1.43. The lowest BCUT2D eigenvalue weighted by molar-refractivity contribution is -0.118. The molecule has 21 heavy (non-hydrogen) atoms. The van der Waals surface area contributed by atoms with Crippen molar-refractivity contribution in [1.82, 2.24) is 10.2 Å². The Kier molecular flexibility index (Phi) is 4.98. The standard InChI is InChI=1S/C13H12Cl3N3O2/c1-6-13(7(2)19-18-6)17-12(20)5-21-11-4-9(15)8(14)3-10(11)16/h3-4H,5H2,1-2H3,(H,17,20)(H,18,19). The number of rotatable bonds is 4. The Balaban J connectivity index is 2.00. The van der Waals surface area contributed by atoms with Gasteiger partial charge in [0, 0.05) is 6.07 Å². The fourth-order valence-electron chi connectivity index (χ4n) is 1.67. The van der Waals surface area contributed by atoms with Crippen molar-refractivity contribution in [3.8, 4) is 5.75 Å². The summed E-state index contributed by atoms with van der Waals surface area (Å²) in [5.41, 5.74) is 2.12. The number of nitrogens with zero attached hydrogens (tertiary/aromatic N) is 1. The number of amides is 1. The smallest absolute Gasteiger partial charge is 0.262 e. The Morgan fingerprint density at radius 1 is 1.24 bits per heavy atom. The Morgan fingerprint density at radius 3 is 2.52 bits per heavy atom. The molecule has 2 aromatic rings. The van der Waals surface area contributed by atoms with Gasteiger partial charge < -0.3 is 10.1 Å². The van der Waals surface area contributed by atoms with E-state index >= 15 is 0 Å². The third-order valence-electron chi connectivity index (χ3n) is 2.73. The van der Waals surface area contributed by atoms with Gasteiger partial charge in [-0.25, -0.2) is 0 Å². The molecule has 0 fully saturated rings. The summed E-state index contributed by atoms with van der Waals surface area (Å²) in [6, 6.07) is 2.93. The normalized spacial score (nSPS) is 10.5. The zero-order valence-corrected chi connectivity index (χ0v) is 13.5. The van der Waals surface area contributed by atoms with E-state index in [1.54, 1.807) is 6.92 Å². The molecule has 1 aromatic carbocycles. The molecule has 0 radical (unpaired) electrons. The summed E-state index contributed by atoms with van der Waals surface area (Å²) in [6.45, 7) is 3.39. The number of aromatic amines is 1. The maximum Gasteiger partial charge on any atom is 0.262 e. The Bertz CT molecular complexity index is 666. The molecule has 1 heterocycles. The van der Waals surface area contributed by atoms with Crippen molar-refractivity contribution in [3.05, 3.63) is 38.6 Å². The van der Waals surface area contributed by atoms with Crippen molar-refractivity contribution < 1.29 is 9.53 Å². The third-order valence-corrected chi connectivity index (χ3v) is 3.74. The minimum Gasteiger partial charge on any atom is -0.482 e. The largest absolute Gasteiger partial charge is 0.482 e. The van der Waals surface area contributed by atoms with E-state index in [1.165, 1.54) is 12.1 Å². The number of carbonyl (C=O) groups is 1. The SMILES string of the molecule is Cc1n[nH]c(C)c1NC(=O)COc1cc(Cl)c(Cl)cc1Cl. The lowest BCUT2D eigenvalue weighted by atomic mass is 10.3. The van der Waals surface area contributed by atoms with Gasteiger partial charge in [0.1, 0.15) is 5.75 Å². The van der Waals surface area contributed by atoms with Crippen LogP contribution >= 0.6 is 34.8 Å². The predicted molar refractivity (Wildman–Crippen MR) is 83.7 cm³/mol. The number of anilines is 1. The summed E-state index contributed by atoms with van der Waals surface area (Å²) in [5, 5.41) is 10.4. The Morgan fingerprint density at radius 2 is 1.90 bits per heavy atom. The van der Waals surface area contributed by atoms with E-state index in [9.17, 15) is 4.79 Å². The summed E-state index contributed by atoms with van der Waals surface area (Å²) in [7, 11) is 0. The van der Waals surface area contributed by atoms with Gasteiger partial charge in [0.2, 0.25) is 0 Å². The molecular formula is C13H12Cl3N3O2. The fraction of sp³-hybridized carbons (Fsp3) is 0.231. The molecule has 5 nitrogen and oxygen atoms in total.